The molecule has 1 aromatic carbocycles. The molecular weight excluding hydrogens is 464 g/mol. The van der Waals surface area contributed by atoms with Crippen LogP contribution in [0.4, 0.5) is 11.6 Å². The summed E-state index contributed by atoms with van der Waals surface area (Å²) in [5.41, 5.74) is 0.877. The van der Waals surface area contributed by atoms with Gasteiger partial charge in [-0.3, -0.25) is 9.59 Å². The highest BCUT2D eigenvalue weighted by atomic mass is 35.5. The molecule has 1 aromatic heterocycles. The maximum absolute atomic E-state index is 12.9. The number of nitrogens with zero attached hydrogens (tertiary/aromatic N) is 4. The van der Waals surface area contributed by atoms with E-state index in [-0.39, 0.29) is 5.91 Å². The van der Waals surface area contributed by atoms with Crippen molar-refractivity contribution in [3.8, 4) is 11.4 Å². The predicted octanol–water partition coefficient (Wildman–Crippen LogP) is 3.96. The van der Waals surface area contributed by atoms with Crippen LogP contribution in [-0.2, 0) is 9.59 Å². The van der Waals surface area contributed by atoms with Crippen molar-refractivity contribution in [1.29, 1.82) is 0 Å². The van der Waals surface area contributed by atoms with E-state index in [1.807, 2.05) is 35.2 Å². The standard InChI is InChI=1S/C26H35ClN6O2/c1-19(34)28-11-12-29-23-18-24(31-26(30-23)21-7-9-22(27)10-8-21)32-13-15-33(16-14-32)25(35)17-20-5-3-2-4-6-20/h7-10,18,20H,2-6,11-17H2,1H3,(H,28,34)(H,29,30,31). The number of rotatable bonds is 8. The number of piperazine rings is 1. The second-order valence-corrected chi connectivity index (χ2v) is 9.86. The minimum absolute atomic E-state index is 0.0621. The Hall–Kier alpha value is -2.87. The van der Waals surface area contributed by atoms with E-state index < -0.39 is 0 Å². The van der Waals surface area contributed by atoms with Crippen LogP contribution in [0.2, 0.25) is 5.02 Å². The summed E-state index contributed by atoms with van der Waals surface area (Å²) in [6, 6.07) is 9.41. The van der Waals surface area contributed by atoms with Crippen molar-refractivity contribution in [3.63, 3.8) is 0 Å². The van der Waals surface area contributed by atoms with E-state index in [1.54, 1.807) is 0 Å². The molecule has 8 nitrogen and oxygen atoms in total. The summed E-state index contributed by atoms with van der Waals surface area (Å²) in [7, 11) is 0. The first kappa shape index (κ1) is 25.2. The molecule has 0 unspecified atom stereocenters. The fourth-order valence-electron chi connectivity index (χ4n) is 4.80. The fourth-order valence-corrected chi connectivity index (χ4v) is 4.92. The highest BCUT2D eigenvalue weighted by molar-refractivity contribution is 6.30. The first-order chi connectivity index (χ1) is 17.0. The summed E-state index contributed by atoms with van der Waals surface area (Å²) in [6.07, 6.45) is 6.91. The van der Waals surface area contributed by atoms with Gasteiger partial charge in [0, 0.05) is 69.3 Å². The summed E-state index contributed by atoms with van der Waals surface area (Å²) < 4.78 is 0. The Morgan fingerprint density at radius 2 is 1.71 bits per heavy atom. The molecule has 1 saturated heterocycles. The van der Waals surface area contributed by atoms with Crippen LogP contribution in [0.1, 0.15) is 45.4 Å². The number of aromatic nitrogens is 2. The number of anilines is 2. The number of benzene rings is 1. The van der Waals surface area contributed by atoms with E-state index in [9.17, 15) is 9.59 Å². The summed E-state index contributed by atoms with van der Waals surface area (Å²) in [5.74, 6) is 2.92. The number of hydrogen-bond acceptors (Lipinski definition) is 6. The van der Waals surface area contributed by atoms with Gasteiger partial charge in [0.05, 0.1) is 0 Å². The Bertz CT molecular complexity index is 1000. The van der Waals surface area contributed by atoms with E-state index in [0.717, 1.165) is 24.5 Å². The van der Waals surface area contributed by atoms with Crippen molar-refractivity contribution in [2.75, 3.05) is 49.5 Å². The van der Waals surface area contributed by atoms with Crippen molar-refractivity contribution in [2.24, 2.45) is 5.92 Å². The van der Waals surface area contributed by atoms with Crippen molar-refractivity contribution < 1.29 is 9.59 Å². The third-order valence-corrected chi connectivity index (χ3v) is 7.02. The first-order valence-electron chi connectivity index (χ1n) is 12.6. The van der Waals surface area contributed by atoms with Crippen LogP contribution in [0.5, 0.6) is 0 Å². The number of nitrogens with one attached hydrogen (secondary N) is 2. The average Bonchev–Trinajstić information content (AvgIpc) is 2.87. The molecule has 2 fully saturated rings. The Labute approximate surface area is 212 Å². The second kappa shape index (κ2) is 12.2. The van der Waals surface area contributed by atoms with Crippen LogP contribution < -0.4 is 15.5 Å². The maximum atomic E-state index is 12.9. The number of halogens is 1. The molecule has 2 heterocycles. The molecule has 2 N–H and O–H groups in total. The Morgan fingerprint density at radius 3 is 2.40 bits per heavy atom. The smallest absolute Gasteiger partial charge is 0.222 e. The quantitative estimate of drug-likeness (QED) is 0.535. The van der Waals surface area contributed by atoms with Gasteiger partial charge in [-0.1, -0.05) is 30.9 Å². The molecule has 4 rings (SSSR count). The minimum Gasteiger partial charge on any atom is -0.368 e. The van der Waals surface area contributed by atoms with Gasteiger partial charge in [-0.25, -0.2) is 9.97 Å². The van der Waals surface area contributed by atoms with Gasteiger partial charge < -0.3 is 20.4 Å². The van der Waals surface area contributed by atoms with Crippen molar-refractivity contribution in [2.45, 2.75) is 45.4 Å². The Morgan fingerprint density at radius 1 is 1.00 bits per heavy atom. The minimum atomic E-state index is -0.0621. The van der Waals surface area contributed by atoms with Crippen LogP contribution >= 0.6 is 11.6 Å². The third-order valence-electron chi connectivity index (χ3n) is 6.76. The zero-order chi connectivity index (χ0) is 24.6. The fraction of sp³-hybridized carbons (Fsp3) is 0.538. The summed E-state index contributed by atoms with van der Waals surface area (Å²) in [6.45, 7) is 5.44. The summed E-state index contributed by atoms with van der Waals surface area (Å²) in [4.78, 5) is 37.8. The molecule has 1 saturated carbocycles. The second-order valence-electron chi connectivity index (χ2n) is 9.43. The predicted molar refractivity (Wildman–Crippen MR) is 140 cm³/mol. The van der Waals surface area contributed by atoms with Crippen molar-refractivity contribution in [3.05, 3.63) is 35.4 Å². The lowest BCUT2D eigenvalue weighted by atomic mass is 9.86. The van der Waals surface area contributed by atoms with Crippen LogP contribution in [-0.4, -0.2) is 66.0 Å². The highest BCUT2D eigenvalue weighted by Gasteiger charge is 2.25. The summed E-state index contributed by atoms with van der Waals surface area (Å²) in [5, 5.41) is 6.73. The van der Waals surface area contributed by atoms with Gasteiger partial charge in [0.25, 0.3) is 0 Å². The molecule has 2 aromatic rings. The maximum Gasteiger partial charge on any atom is 0.222 e. The molecule has 0 radical (unpaired) electrons. The Balaban J connectivity index is 1.43. The van der Waals surface area contributed by atoms with Gasteiger partial charge in [0.1, 0.15) is 11.6 Å². The van der Waals surface area contributed by atoms with Crippen LogP contribution in [0.25, 0.3) is 11.4 Å². The van der Waals surface area contributed by atoms with E-state index in [2.05, 4.69) is 20.5 Å². The number of hydrogen-bond donors (Lipinski definition) is 2. The van der Waals surface area contributed by atoms with Gasteiger partial charge >= 0.3 is 0 Å². The van der Waals surface area contributed by atoms with E-state index >= 15 is 0 Å². The van der Waals surface area contributed by atoms with Crippen molar-refractivity contribution >= 4 is 35.1 Å². The van der Waals surface area contributed by atoms with E-state index in [1.165, 1.54) is 39.0 Å². The topological polar surface area (TPSA) is 90.5 Å². The van der Waals surface area contributed by atoms with Gasteiger partial charge in [0.2, 0.25) is 11.8 Å². The van der Waals surface area contributed by atoms with E-state index in [0.29, 0.717) is 61.1 Å². The molecule has 2 amide bonds. The molecule has 1 aliphatic carbocycles. The first-order valence-corrected chi connectivity index (χ1v) is 13.0. The lowest BCUT2D eigenvalue weighted by molar-refractivity contribution is -0.132. The molecule has 0 atom stereocenters. The molecule has 0 bridgehead atoms. The van der Waals surface area contributed by atoms with Crippen LogP contribution in [0.3, 0.4) is 0 Å². The van der Waals surface area contributed by atoms with Gasteiger partial charge in [-0.2, -0.15) is 0 Å². The third kappa shape index (κ3) is 7.31. The lowest BCUT2D eigenvalue weighted by Crippen LogP contribution is -2.49. The van der Waals surface area contributed by atoms with Gasteiger partial charge in [-0.15, -0.1) is 0 Å². The zero-order valence-corrected chi connectivity index (χ0v) is 21.2. The molecular formula is C26H35ClN6O2. The van der Waals surface area contributed by atoms with Gasteiger partial charge in [0.15, 0.2) is 5.82 Å². The molecule has 188 valence electrons. The van der Waals surface area contributed by atoms with Crippen LogP contribution in [0.15, 0.2) is 30.3 Å². The molecule has 9 heteroatoms. The summed E-state index contributed by atoms with van der Waals surface area (Å²) >= 11 is 6.07. The largest absolute Gasteiger partial charge is 0.368 e. The van der Waals surface area contributed by atoms with Crippen molar-refractivity contribution in [1.82, 2.24) is 20.2 Å². The lowest BCUT2D eigenvalue weighted by Gasteiger charge is -2.36. The zero-order valence-electron chi connectivity index (χ0n) is 20.4. The SMILES string of the molecule is CC(=O)NCCNc1cc(N2CCN(C(=O)CC3CCCCC3)CC2)nc(-c2ccc(Cl)cc2)n1. The average molecular weight is 499 g/mol. The molecule has 1 aliphatic heterocycles. The normalized spacial score (nSPS) is 16.7. The number of carbonyl (C=O) groups excluding carboxylic acids is 2. The van der Waals surface area contributed by atoms with E-state index in [4.69, 9.17) is 16.6 Å². The molecule has 2 aliphatic rings. The highest BCUT2D eigenvalue weighted by Crippen LogP contribution is 2.28. The number of amides is 2. The van der Waals surface area contributed by atoms with Crippen LogP contribution in [0, 0.1) is 5.92 Å². The molecule has 35 heavy (non-hydrogen) atoms. The number of carbonyl (C=O) groups is 2. The van der Waals surface area contributed by atoms with Gasteiger partial charge in [-0.05, 0) is 43.0 Å². The Kier molecular flexibility index (Phi) is 8.79. The monoisotopic (exact) mass is 498 g/mol. The molecule has 0 spiro atoms.